The summed E-state index contributed by atoms with van der Waals surface area (Å²) >= 11 is 0. The molecule has 0 aromatic rings. The molecule has 5 nitrogen and oxygen atoms in total. The summed E-state index contributed by atoms with van der Waals surface area (Å²) in [6.07, 6.45) is -0.913. The first kappa shape index (κ1) is 12.8. The molecule has 0 spiro atoms. The van der Waals surface area contributed by atoms with Crippen LogP contribution in [0.1, 0.15) is 27.7 Å². The van der Waals surface area contributed by atoms with Gasteiger partial charge < -0.3 is 19.9 Å². The van der Waals surface area contributed by atoms with Crippen molar-refractivity contribution in [1.29, 1.82) is 0 Å². The standard InChI is InChI=1S/C11H19NO4/c1-5-15-10(14)8-7(13)6-16-9(8)12-11(2,3)4/h7,12-13H,5-6H2,1-4H3/t7-/m0/s1. The van der Waals surface area contributed by atoms with Gasteiger partial charge >= 0.3 is 5.97 Å². The van der Waals surface area contributed by atoms with Gasteiger partial charge in [0.25, 0.3) is 0 Å². The number of rotatable bonds is 3. The van der Waals surface area contributed by atoms with Crippen LogP contribution in [0.2, 0.25) is 0 Å². The Labute approximate surface area is 95.4 Å². The van der Waals surface area contributed by atoms with Gasteiger partial charge in [0.1, 0.15) is 18.3 Å². The number of esters is 1. The molecular weight excluding hydrogens is 210 g/mol. The molecule has 1 heterocycles. The van der Waals surface area contributed by atoms with Crippen LogP contribution >= 0.6 is 0 Å². The van der Waals surface area contributed by atoms with Crippen LogP contribution in [0, 0.1) is 0 Å². The van der Waals surface area contributed by atoms with E-state index in [1.807, 2.05) is 20.8 Å². The first-order chi connectivity index (χ1) is 7.35. The van der Waals surface area contributed by atoms with Gasteiger partial charge in [-0.2, -0.15) is 0 Å². The van der Waals surface area contributed by atoms with Crippen LogP contribution in [0.15, 0.2) is 11.5 Å². The Balaban J connectivity index is 2.87. The quantitative estimate of drug-likeness (QED) is 0.691. The van der Waals surface area contributed by atoms with E-state index in [0.29, 0.717) is 5.88 Å². The van der Waals surface area contributed by atoms with Crippen molar-refractivity contribution in [3.8, 4) is 0 Å². The number of hydrogen-bond donors (Lipinski definition) is 2. The molecule has 0 aromatic carbocycles. The summed E-state index contributed by atoms with van der Waals surface area (Å²) in [6, 6.07) is 0. The maximum atomic E-state index is 11.6. The van der Waals surface area contributed by atoms with Gasteiger partial charge in [-0.15, -0.1) is 0 Å². The monoisotopic (exact) mass is 229 g/mol. The molecular formula is C11H19NO4. The van der Waals surface area contributed by atoms with E-state index in [4.69, 9.17) is 9.47 Å². The first-order valence-electron chi connectivity index (χ1n) is 5.35. The minimum atomic E-state index is -0.913. The second-order valence-electron chi connectivity index (χ2n) is 4.67. The highest BCUT2D eigenvalue weighted by molar-refractivity contribution is 5.90. The van der Waals surface area contributed by atoms with Crippen molar-refractivity contribution in [2.24, 2.45) is 0 Å². The molecule has 0 radical (unpaired) electrons. The summed E-state index contributed by atoms with van der Waals surface area (Å²) in [5.41, 5.74) is -0.0614. The highest BCUT2D eigenvalue weighted by Gasteiger charge is 2.33. The smallest absolute Gasteiger partial charge is 0.342 e. The van der Waals surface area contributed by atoms with Crippen molar-refractivity contribution >= 4 is 5.97 Å². The molecule has 1 aliphatic heterocycles. The van der Waals surface area contributed by atoms with Gasteiger partial charge in [0.15, 0.2) is 0 Å². The Morgan fingerprint density at radius 3 is 2.75 bits per heavy atom. The maximum absolute atomic E-state index is 11.6. The van der Waals surface area contributed by atoms with Crippen molar-refractivity contribution in [2.75, 3.05) is 13.2 Å². The van der Waals surface area contributed by atoms with Gasteiger partial charge in [-0.3, -0.25) is 0 Å². The second kappa shape index (κ2) is 4.74. The average Bonchev–Trinajstić information content (AvgIpc) is 2.44. The number of carbonyl (C=O) groups is 1. The van der Waals surface area contributed by atoms with Gasteiger partial charge in [-0.1, -0.05) is 0 Å². The molecule has 0 bridgehead atoms. The number of aliphatic hydroxyl groups excluding tert-OH is 1. The molecule has 0 saturated carbocycles. The fourth-order valence-electron chi connectivity index (χ4n) is 1.36. The zero-order valence-corrected chi connectivity index (χ0v) is 10.2. The Morgan fingerprint density at radius 1 is 1.62 bits per heavy atom. The Hall–Kier alpha value is -1.23. The van der Waals surface area contributed by atoms with E-state index in [2.05, 4.69) is 5.32 Å². The highest BCUT2D eigenvalue weighted by Crippen LogP contribution is 2.21. The van der Waals surface area contributed by atoms with Gasteiger partial charge in [-0.05, 0) is 27.7 Å². The fourth-order valence-corrected chi connectivity index (χ4v) is 1.36. The Morgan fingerprint density at radius 2 is 2.25 bits per heavy atom. The molecule has 0 amide bonds. The largest absolute Gasteiger partial charge is 0.476 e. The van der Waals surface area contributed by atoms with Gasteiger partial charge in [-0.25, -0.2) is 4.79 Å². The predicted molar refractivity (Wildman–Crippen MR) is 58.5 cm³/mol. The van der Waals surface area contributed by atoms with Crippen molar-refractivity contribution in [1.82, 2.24) is 5.32 Å². The summed E-state index contributed by atoms with van der Waals surface area (Å²) in [7, 11) is 0. The topological polar surface area (TPSA) is 67.8 Å². The fraction of sp³-hybridized carbons (Fsp3) is 0.727. The zero-order chi connectivity index (χ0) is 12.3. The van der Waals surface area contributed by atoms with Crippen molar-refractivity contribution in [3.05, 3.63) is 11.5 Å². The normalized spacial score (nSPS) is 20.7. The average molecular weight is 229 g/mol. The highest BCUT2D eigenvalue weighted by atomic mass is 16.5. The van der Waals surface area contributed by atoms with Gasteiger partial charge in [0.2, 0.25) is 5.88 Å². The molecule has 1 aliphatic rings. The summed E-state index contributed by atoms with van der Waals surface area (Å²) in [5, 5.41) is 12.7. The van der Waals surface area contributed by atoms with E-state index in [0.717, 1.165) is 0 Å². The number of nitrogens with one attached hydrogen (secondary N) is 1. The Bertz CT molecular complexity index is 304. The van der Waals surface area contributed by atoms with Crippen LogP contribution in [0.5, 0.6) is 0 Å². The zero-order valence-electron chi connectivity index (χ0n) is 10.2. The molecule has 16 heavy (non-hydrogen) atoms. The lowest BCUT2D eigenvalue weighted by Crippen LogP contribution is -2.36. The molecule has 2 N–H and O–H groups in total. The third kappa shape index (κ3) is 3.13. The third-order valence-electron chi connectivity index (χ3n) is 1.95. The van der Waals surface area contributed by atoms with Gasteiger partial charge in [0.05, 0.1) is 6.61 Å². The molecule has 0 saturated heterocycles. The molecule has 0 aliphatic carbocycles. The summed E-state index contributed by atoms with van der Waals surface area (Å²) in [4.78, 5) is 11.6. The summed E-state index contributed by atoms with van der Waals surface area (Å²) < 4.78 is 10.1. The van der Waals surface area contributed by atoms with Crippen LogP contribution in [0.4, 0.5) is 0 Å². The second-order valence-corrected chi connectivity index (χ2v) is 4.67. The lowest BCUT2D eigenvalue weighted by molar-refractivity contribution is -0.139. The number of ether oxygens (including phenoxy) is 2. The van der Waals surface area contributed by atoms with Crippen molar-refractivity contribution < 1.29 is 19.4 Å². The lowest BCUT2D eigenvalue weighted by atomic mass is 10.1. The summed E-state index contributed by atoms with van der Waals surface area (Å²) in [6.45, 7) is 7.91. The SMILES string of the molecule is CCOC(=O)C1=C(NC(C)(C)C)OC[C@@H]1O. The van der Waals surface area contributed by atoms with E-state index in [9.17, 15) is 9.90 Å². The molecule has 0 fully saturated rings. The van der Waals surface area contributed by atoms with Crippen molar-refractivity contribution in [3.63, 3.8) is 0 Å². The van der Waals surface area contributed by atoms with Crippen molar-refractivity contribution in [2.45, 2.75) is 39.3 Å². The number of hydrogen-bond acceptors (Lipinski definition) is 5. The molecule has 5 heteroatoms. The molecule has 1 rings (SSSR count). The van der Waals surface area contributed by atoms with Crippen LogP contribution in [0.3, 0.4) is 0 Å². The molecule has 0 aromatic heterocycles. The lowest BCUT2D eigenvalue weighted by Gasteiger charge is -2.22. The minimum Gasteiger partial charge on any atom is -0.476 e. The van der Waals surface area contributed by atoms with E-state index >= 15 is 0 Å². The number of carbonyl (C=O) groups excluding carboxylic acids is 1. The van der Waals surface area contributed by atoms with Crippen LogP contribution in [-0.2, 0) is 14.3 Å². The molecule has 92 valence electrons. The summed E-state index contributed by atoms with van der Waals surface area (Å²) in [5.74, 6) is -0.210. The minimum absolute atomic E-state index is 0.0898. The van der Waals surface area contributed by atoms with E-state index in [-0.39, 0.29) is 24.3 Å². The van der Waals surface area contributed by atoms with Crippen LogP contribution in [0.25, 0.3) is 0 Å². The molecule has 0 unspecified atom stereocenters. The predicted octanol–water partition coefficient (Wildman–Crippen LogP) is 0.540. The van der Waals surface area contributed by atoms with Crippen LogP contribution in [-0.4, -0.2) is 35.9 Å². The third-order valence-corrected chi connectivity index (χ3v) is 1.95. The Kier molecular flexibility index (Phi) is 3.80. The maximum Gasteiger partial charge on any atom is 0.342 e. The van der Waals surface area contributed by atoms with E-state index < -0.39 is 12.1 Å². The van der Waals surface area contributed by atoms with E-state index in [1.54, 1.807) is 6.92 Å². The van der Waals surface area contributed by atoms with Crippen LogP contribution < -0.4 is 5.32 Å². The number of aliphatic hydroxyl groups is 1. The first-order valence-corrected chi connectivity index (χ1v) is 5.35. The van der Waals surface area contributed by atoms with Gasteiger partial charge in [0, 0.05) is 5.54 Å². The van der Waals surface area contributed by atoms with E-state index in [1.165, 1.54) is 0 Å². The molecule has 1 atom stereocenters.